The summed E-state index contributed by atoms with van der Waals surface area (Å²) in [6.45, 7) is 22.4. The van der Waals surface area contributed by atoms with E-state index in [9.17, 15) is 0 Å². The zero-order valence-corrected chi connectivity index (χ0v) is 20.9. The first-order valence-corrected chi connectivity index (χ1v) is 14.6. The van der Waals surface area contributed by atoms with E-state index < -0.39 is 8.32 Å². The highest BCUT2D eigenvalue weighted by molar-refractivity contribution is 6.74. The molecule has 3 nitrogen and oxygen atoms in total. The average Bonchev–Trinajstić information content (AvgIpc) is 2.74. The van der Waals surface area contributed by atoms with Crippen LogP contribution in [0.2, 0.25) is 18.1 Å². The van der Waals surface area contributed by atoms with E-state index in [2.05, 4.69) is 61.6 Å². The molecule has 2 aliphatic carbocycles. The molecule has 4 aliphatic rings. The summed E-state index contributed by atoms with van der Waals surface area (Å²) < 4.78 is 20.3. The standard InChI is InChI=1S/C24H44O3Si/c1-20(2,3)28(8,9)26-17-15-24-16-25-23(7,27-24)14-11-18(24)22(6)13-10-12-21(4,5)19(17)22/h17-19H,10-16H2,1-9H3/t17-,18?,19?,22+,23+,24+/m0/s1. The minimum absolute atomic E-state index is 0.140. The lowest BCUT2D eigenvalue weighted by Crippen LogP contribution is -2.67. The Morgan fingerprint density at radius 2 is 1.68 bits per heavy atom. The Labute approximate surface area is 174 Å². The molecule has 2 unspecified atom stereocenters. The normalized spacial score (nSPS) is 48.1. The van der Waals surface area contributed by atoms with Gasteiger partial charge in [-0.05, 0) is 67.0 Å². The molecule has 2 heterocycles. The number of hydrogen-bond acceptors (Lipinski definition) is 3. The van der Waals surface area contributed by atoms with Crippen LogP contribution in [0.1, 0.15) is 87.0 Å². The maximum atomic E-state index is 7.24. The summed E-state index contributed by atoms with van der Waals surface area (Å²) in [4.78, 5) is 0. The van der Waals surface area contributed by atoms with Crippen molar-refractivity contribution in [3.63, 3.8) is 0 Å². The van der Waals surface area contributed by atoms with E-state index >= 15 is 0 Å². The average molecular weight is 409 g/mol. The van der Waals surface area contributed by atoms with Gasteiger partial charge in [-0.15, -0.1) is 0 Å². The first-order valence-electron chi connectivity index (χ1n) is 11.7. The molecule has 0 radical (unpaired) electrons. The van der Waals surface area contributed by atoms with Gasteiger partial charge in [0.05, 0.1) is 12.7 Å². The monoisotopic (exact) mass is 408 g/mol. The molecule has 0 N–H and O–H groups in total. The molecule has 0 aromatic carbocycles. The molecule has 1 spiro atoms. The van der Waals surface area contributed by atoms with Crippen molar-refractivity contribution >= 4 is 8.32 Å². The van der Waals surface area contributed by atoms with E-state index in [0.29, 0.717) is 17.3 Å². The molecule has 2 saturated heterocycles. The maximum absolute atomic E-state index is 7.24. The zero-order valence-electron chi connectivity index (χ0n) is 19.9. The highest BCUT2D eigenvalue weighted by Gasteiger charge is 2.69. The summed E-state index contributed by atoms with van der Waals surface area (Å²) in [5, 5.41) is 0.227. The molecular formula is C24H44O3Si. The van der Waals surface area contributed by atoms with E-state index in [4.69, 9.17) is 13.9 Å². The molecule has 4 fully saturated rings. The lowest BCUT2D eigenvalue weighted by molar-refractivity contribution is -0.277. The first-order chi connectivity index (χ1) is 12.6. The maximum Gasteiger partial charge on any atom is 0.192 e. The van der Waals surface area contributed by atoms with E-state index in [0.717, 1.165) is 19.4 Å². The number of hydrogen-bond donors (Lipinski definition) is 0. The van der Waals surface area contributed by atoms with Gasteiger partial charge >= 0.3 is 0 Å². The smallest absolute Gasteiger partial charge is 0.192 e. The minimum Gasteiger partial charge on any atom is -0.414 e. The van der Waals surface area contributed by atoms with Crippen LogP contribution in [-0.2, 0) is 13.9 Å². The van der Waals surface area contributed by atoms with Gasteiger partial charge in [0.2, 0.25) is 0 Å². The quantitative estimate of drug-likeness (QED) is 0.486. The largest absolute Gasteiger partial charge is 0.414 e. The van der Waals surface area contributed by atoms with Gasteiger partial charge in [-0.3, -0.25) is 0 Å². The summed E-state index contributed by atoms with van der Waals surface area (Å²) in [6.07, 6.45) is 7.54. The fraction of sp³-hybridized carbons (Fsp3) is 1.00. The summed E-state index contributed by atoms with van der Waals surface area (Å²) in [6, 6.07) is 0. The van der Waals surface area contributed by atoms with E-state index in [-0.39, 0.29) is 27.9 Å². The third kappa shape index (κ3) is 2.99. The fourth-order valence-corrected chi connectivity index (χ4v) is 8.80. The molecular weight excluding hydrogens is 364 g/mol. The molecule has 0 amide bonds. The number of rotatable bonds is 2. The van der Waals surface area contributed by atoms with Crippen molar-refractivity contribution in [2.24, 2.45) is 22.7 Å². The Hall–Kier alpha value is 0.0969. The summed E-state index contributed by atoms with van der Waals surface area (Å²) in [5.41, 5.74) is 0.461. The Morgan fingerprint density at radius 3 is 2.32 bits per heavy atom. The SMILES string of the molecule is CC1(C)CCC[C@@]2(C)C1[C@@H](O[Si](C)(C)C(C)(C)C)C[C@@]13CO[C@@](C)(CCC12)O3. The molecule has 0 aromatic rings. The second-order valence-electron chi connectivity index (χ2n) is 13.1. The van der Waals surface area contributed by atoms with E-state index in [1.807, 2.05) is 0 Å². The highest BCUT2D eigenvalue weighted by atomic mass is 28.4. The lowest BCUT2D eigenvalue weighted by atomic mass is 9.44. The van der Waals surface area contributed by atoms with Crippen molar-refractivity contribution in [3.8, 4) is 0 Å². The molecule has 4 heteroatoms. The van der Waals surface area contributed by atoms with Crippen LogP contribution in [0.3, 0.4) is 0 Å². The van der Waals surface area contributed by atoms with Crippen LogP contribution in [0.4, 0.5) is 0 Å². The van der Waals surface area contributed by atoms with Gasteiger partial charge in [-0.1, -0.05) is 48.0 Å². The molecule has 2 bridgehead atoms. The summed E-state index contributed by atoms with van der Waals surface area (Å²) in [5.74, 6) is 0.831. The molecule has 162 valence electrons. The van der Waals surface area contributed by atoms with Gasteiger partial charge < -0.3 is 13.9 Å². The van der Waals surface area contributed by atoms with Crippen molar-refractivity contribution in [2.75, 3.05) is 6.61 Å². The molecule has 2 aliphatic heterocycles. The van der Waals surface area contributed by atoms with Crippen molar-refractivity contribution < 1.29 is 13.9 Å². The highest BCUT2D eigenvalue weighted by Crippen LogP contribution is 2.68. The van der Waals surface area contributed by atoms with Gasteiger partial charge in [0.1, 0.15) is 5.60 Å². The van der Waals surface area contributed by atoms with Gasteiger partial charge in [-0.25, -0.2) is 0 Å². The van der Waals surface area contributed by atoms with Gasteiger partial charge in [0.25, 0.3) is 0 Å². The summed E-state index contributed by atoms with van der Waals surface area (Å²) in [7, 11) is -1.87. The third-order valence-corrected chi connectivity index (χ3v) is 14.1. The van der Waals surface area contributed by atoms with Crippen LogP contribution in [0.5, 0.6) is 0 Å². The minimum atomic E-state index is -1.87. The van der Waals surface area contributed by atoms with Crippen molar-refractivity contribution in [1.82, 2.24) is 0 Å². The fourth-order valence-electron chi connectivity index (χ4n) is 7.47. The van der Waals surface area contributed by atoms with Crippen molar-refractivity contribution in [1.29, 1.82) is 0 Å². The van der Waals surface area contributed by atoms with Gasteiger partial charge in [0.15, 0.2) is 14.1 Å². The lowest BCUT2D eigenvalue weighted by Gasteiger charge is -2.66. The molecule has 2 saturated carbocycles. The van der Waals surface area contributed by atoms with Crippen molar-refractivity contribution in [3.05, 3.63) is 0 Å². The molecule has 0 aromatic heterocycles. The first kappa shape index (κ1) is 21.3. The van der Waals surface area contributed by atoms with Crippen LogP contribution < -0.4 is 0 Å². The predicted octanol–water partition coefficient (Wildman–Crippen LogP) is 6.52. The molecule has 6 atom stereocenters. The van der Waals surface area contributed by atoms with Gasteiger partial charge in [-0.2, -0.15) is 0 Å². The van der Waals surface area contributed by atoms with Crippen LogP contribution in [-0.4, -0.2) is 32.4 Å². The molecule has 28 heavy (non-hydrogen) atoms. The van der Waals surface area contributed by atoms with Crippen LogP contribution in [0.15, 0.2) is 0 Å². The van der Waals surface area contributed by atoms with E-state index in [1.165, 1.54) is 25.7 Å². The Bertz CT molecular complexity index is 638. The third-order valence-electron chi connectivity index (χ3n) is 9.62. The Kier molecular flexibility index (Phi) is 4.63. The molecule has 4 rings (SSSR count). The Morgan fingerprint density at radius 1 is 1.00 bits per heavy atom. The Balaban J connectivity index is 1.77. The zero-order chi connectivity index (χ0) is 20.8. The van der Waals surface area contributed by atoms with Crippen LogP contribution in [0, 0.1) is 22.7 Å². The topological polar surface area (TPSA) is 27.7 Å². The van der Waals surface area contributed by atoms with Crippen LogP contribution in [0.25, 0.3) is 0 Å². The summed E-state index contributed by atoms with van der Waals surface area (Å²) >= 11 is 0. The number of ether oxygens (including phenoxy) is 2. The second-order valence-corrected chi connectivity index (χ2v) is 17.9. The van der Waals surface area contributed by atoms with Crippen LogP contribution >= 0.6 is 0 Å². The van der Waals surface area contributed by atoms with Gasteiger partial charge in [0, 0.05) is 12.8 Å². The second kappa shape index (κ2) is 6.08. The number of fused-ring (bicyclic) bond motifs is 3. The van der Waals surface area contributed by atoms with E-state index in [1.54, 1.807) is 0 Å². The predicted molar refractivity (Wildman–Crippen MR) is 117 cm³/mol. The van der Waals surface area contributed by atoms with Crippen molar-refractivity contribution in [2.45, 2.75) is 123 Å².